The SMILES string of the molecule is COc1ccc(C(CCCOc2ccc([N+](=O)[O-])c(C(C)P(OCCC#N)N(C(C)C)C(C)C)c2)(c2ccccc2)c2ccc(OC)cc2)cc1. The molecule has 0 aromatic heterocycles. The molecule has 0 heterocycles. The van der Waals surface area contributed by atoms with E-state index in [0.29, 0.717) is 24.3 Å². The summed E-state index contributed by atoms with van der Waals surface area (Å²) < 4.78 is 26.0. The van der Waals surface area contributed by atoms with Crippen LogP contribution in [0.4, 0.5) is 5.69 Å². The number of benzene rings is 4. The summed E-state index contributed by atoms with van der Waals surface area (Å²) in [4.78, 5) is 11.9. The molecular weight excluding hydrogens is 661 g/mol. The molecule has 0 fully saturated rings. The molecule has 0 aliphatic heterocycles. The number of rotatable bonds is 19. The van der Waals surface area contributed by atoms with Crippen molar-refractivity contribution in [2.45, 2.75) is 77.0 Å². The second kappa shape index (κ2) is 18.7. The highest BCUT2D eigenvalue weighted by molar-refractivity contribution is 7.50. The van der Waals surface area contributed by atoms with Crippen LogP contribution in [-0.2, 0) is 9.94 Å². The largest absolute Gasteiger partial charge is 0.497 e. The molecule has 0 aliphatic rings. The monoisotopic (exact) mass is 711 g/mol. The van der Waals surface area contributed by atoms with Crippen LogP contribution in [0.3, 0.4) is 0 Å². The molecule has 0 N–H and O–H groups in total. The lowest BCUT2D eigenvalue weighted by Gasteiger charge is -2.40. The first-order chi connectivity index (χ1) is 24.6. The molecule has 0 amide bonds. The minimum absolute atomic E-state index is 0.0285. The average Bonchev–Trinajstić information content (AvgIpc) is 3.14. The summed E-state index contributed by atoms with van der Waals surface area (Å²) in [6.07, 6.45) is 1.66. The molecule has 4 rings (SSSR count). The van der Waals surface area contributed by atoms with Gasteiger partial charge < -0.3 is 18.7 Å². The predicted molar refractivity (Wildman–Crippen MR) is 204 cm³/mol. The van der Waals surface area contributed by atoms with Gasteiger partial charge in [0.25, 0.3) is 5.69 Å². The molecule has 0 bridgehead atoms. The molecular formula is C41H50N3O6P. The summed E-state index contributed by atoms with van der Waals surface area (Å²) in [6.45, 7) is 11.0. The standard InChI is InChI=1S/C41H50N3O6P/c1-30(2)43(31(3)4)51(50-28-12-26-42)32(5)39-29-38(23-24-40(39)44(45)46)49-27-11-25-41(33-13-9-8-10-14-33,34-15-19-36(47-6)20-16-34)35-17-21-37(48-7)22-18-35/h8-10,13-24,29-32H,11-12,25,27-28H2,1-7H3. The van der Waals surface area contributed by atoms with Crippen LogP contribution in [0, 0.1) is 21.4 Å². The maximum Gasteiger partial charge on any atom is 0.273 e. The van der Waals surface area contributed by atoms with E-state index in [4.69, 9.17) is 18.7 Å². The third kappa shape index (κ3) is 9.45. The smallest absolute Gasteiger partial charge is 0.273 e. The zero-order chi connectivity index (χ0) is 37.0. The van der Waals surface area contributed by atoms with Crippen molar-refractivity contribution in [3.63, 3.8) is 0 Å². The molecule has 0 saturated carbocycles. The molecule has 270 valence electrons. The highest BCUT2D eigenvalue weighted by atomic mass is 31.2. The number of nitriles is 1. The minimum atomic E-state index is -1.32. The normalized spacial score (nSPS) is 12.8. The maximum atomic E-state index is 12.3. The summed E-state index contributed by atoms with van der Waals surface area (Å²) >= 11 is 0. The Morgan fingerprint density at radius 2 is 1.31 bits per heavy atom. The first-order valence-electron chi connectivity index (χ1n) is 17.4. The lowest BCUT2D eigenvalue weighted by molar-refractivity contribution is -0.385. The second-order valence-corrected chi connectivity index (χ2v) is 15.0. The number of hydrogen-bond acceptors (Lipinski definition) is 8. The van der Waals surface area contributed by atoms with Crippen LogP contribution in [-0.4, -0.2) is 49.1 Å². The van der Waals surface area contributed by atoms with Crippen LogP contribution in [0.5, 0.6) is 17.2 Å². The van der Waals surface area contributed by atoms with E-state index in [2.05, 4.69) is 87.0 Å². The Kier molecular flexibility index (Phi) is 14.4. The minimum Gasteiger partial charge on any atom is -0.497 e. The Balaban J connectivity index is 1.67. The van der Waals surface area contributed by atoms with Crippen molar-refractivity contribution in [1.82, 2.24) is 4.67 Å². The van der Waals surface area contributed by atoms with Crippen molar-refractivity contribution in [3.8, 4) is 23.3 Å². The van der Waals surface area contributed by atoms with E-state index < -0.39 is 13.7 Å². The maximum absolute atomic E-state index is 12.3. The van der Waals surface area contributed by atoms with Crippen molar-refractivity contribution in [3.05, 3.63) is 129 Å². The molecule has 2 atom stereocenters. The third-order valence-corrected chi connectivity index (χ3v) is 11.9. The van der Waals surface area contributed by atoms with Gasteiger partial charge in [0.1, 0.15) is 25.5 Å². The van der Waals surface area contributed by atoms with Gasteiger partial charge in [0.2, 0.25) is 0 Å². The fraction of sp³-hybridized carbons (Fsp3) is 0.390. The summed E-state index contributed by atoms with van der Waals surface area (Å²) in [5.41, 5.74) is 3.15. The fourth-order valence-corrected chi connectivity index (χ4v) is 9.18. The van der Waals surface area contributed by atoms with Gasteiger partial charge in [0, 0.05) is 34.8 Å². The van der Waals surface area contributed by atoms with E-state index in [9.17, 15) is 15.4 Å². The van der Waals surface area contributed by atoms with Gasteiger partial charge in [0.15, 0.2) is 0 Å². The van der Waals surface area contributed by atoms with Crippen LogP contribution < -0.4 is 14.2 Å². The Bertz CT molecular complexity index is 1670. The van der Waals surface area contributed by atoms with Crippen LogP contribution >= 0.6 is 8.30 Å². The first kappa shape index (κ1) is 39.3. The Hall–Kier alpha value is -4.48. The fourth-order valence-electron chi connectivity index (χ4n) is 6.79. The molecule has 4 aromatic carbocycles. The molecule has 0 saturated heterocycles. The molecule has 10 heteroatoms. The Morgan fingerprint density at radius 3 is 1.80 bits per heavy atom. The summed E-state index contributed by atoms with van der Waals surface area (Å²) in [5.74, 6) is 2.13. The number of nitro benzene ring substituents is 1. The van der Waals surface area contributed by atoms with Gasteiger partial charge in [-0.2, -0.15) is 5.26 Å². The summed E-state index contributed by atoms with van der Waals surface area (Å²) in [5, 5.41) is 21.5. The van der Waals surface area contributed by atoms with Crippen molar-refractivity contribution >= 4 is 14.0 Å². The number of methoxy groups -OCH3 is 2. The van der Waals surface area contributed by atoms with Gasteiger partial charge in [-0.15, -0.1) is 0 Å². The van der Waals surface area contributed by atoms with Gasteiger partial charge in [-0.3, -0.25) is 14.8 Å². The lowest BCUT2D eigenvalue weighted by atomic mass is 9.67. The van der Waals surface area contributed by atoms with Gasteiger partial charge in [0.05, 0.1) is 44.8 Å². The van der Waals surface area contributed by atoms with Gasteiger partial charge >= 0.3 is 0 Å². The Morgan fingerprint density at radius 1 is 0.784 bits per heavy atom. The molecule has 0 spiro atoms. The molecule has 2 unspecified atom stereocenters. The predicted octanol–water partition coefficient (Wildman–Crippen LogP) is 10.2. The molecule has 0 aliphatic carbocycles. The van der Waals surface area contributed by atoms with Gasteiger partial charge in [-0.25, -0.2) is 0 Å². The topological polar surface area (TPSA) is 107 Å². The highest BCUT2D eigenvalue weighted by Gasteiger charge is 2.37. The van der Waals surface area contributed by atoms with Crippen LogP contribution in [0.1, 0.15) is 81.8 Å². The zero-order valence-electron chi connectivity index (χ0n) is 30.7. The van der Waals surface area contributed by atoms with Crippen molar-refractivity contribution < 1.29 is 23.7 Å². The van der Waals surface area contributed by atoms with Crippen LogP contribution in [0.15, 0.2) is 97.1 Å². The van der Waals surface area contributed by atoms with E-state index >= 15 is 0 Å². The van der Waals surface area contributed by atoms with Gasteiger partial charge in [-0.1, -0.05) is 61.5 Å². The van der Waals surface area contributed by atoms with Crippen molar-refractivity contribution in [2.75, 3.05) is 27.4 Å². The number of ether oxygens (including phenoxy) is 3. The van der Waals surface area contributed by atoms with Gasteiger partial charge in [-0.05, 0) is 93.6 Å². The third-order valence-electron chi connectivity index (χ3n) is 9.10. The average molecular weight is 712 g/mol. The zero-order valence-corrected chi connectivity index (χ0v) is 31.6. The molecule has 0 radical (unpaired) electrons. The Labute approximate surface area is 304 Å². The number of nitro groups is 1. The lowest BCUT2D eigenvalue weighted by Crippen LogP contribution is -2.34. The van der Waals surface area contributed by atoms with E-state index in [1.54, 1.807) is 26.4 Å². The quantitative estimate of drug-likeness (QED) is 0.0311. The summed E-state index contributed by atoms with van der Waals surface area (Å²) in [7, 11) is 2.01. The first-order valence-corrected chi connectivity index (χ1v) is 18.7. The molecule has 9 nitrogen and oxygen atoms in total. The van der Waals surface area contributed by atoms with E-state index in [0.717, 1.165) is 34.6 Å². The molecule has 51 heavy (non-hydrogen) atoms. The summed E-state index contributed by atoms with van der Waals surface area (Å²) in [6, 6.07) is 34.3. The van der Waals surface area contributed by atoms with Crippen LogP contribution in [0.25, 0.3) is 0 Å². The van der Waals surface area contributed by atoms with Crippen molar-refractivity contribution in [1.29, 1.82) is 5.26 Å². The van der Waals surface area contributed by atoms with E-state index in [-0.39, 0.29) is 41.4 Å². The van der Waals surface area contributed by atoms with Crippen molar-refractivity contribution in [2.24, 2.45) is 0 Å². The second-order valence-electron chi connectivity index (χ2n) is 12.9. The van der Waals surface area contributed by atoms with Crippen LogP contribution in [0.2, 0.25) is 0 Å². The van der Waals surface area contributed by atoms with E-state index in [1.165, 1.54) is 6.07 Å². The van der Waals surface area contributed by atoms with E-state index in [1.807, 2.05) is 37.3 Å². The highest BCUT2D eigenvalue weighted by Crippen LogP contribution is 2.58. The number of nitrogens with zero attached hydrogens (tertiary/aromatic N) is 3. The molecule has 4 aromatic rings. The number of hydrogen-bond donors (Lipinski definition) is 0.